The standard InChI is InChI=1S/C18H20FN3O/c1-11-6-7-12-10-13(19)8-9-16(12)22(11)18-20-15-5-3-2-4-14(15)17(23)21-18/h8-11H,2-7H2,1H3,(H,20,21,23). The molecule has 0 bridgehead atoms. The van der Waals surface area contributed by atoms with Gasteiger partial charge in [0.05, 0.1) is 5.69 Å². The van der Waals surface area contributed by atoms with Crippen LogP contribution in [0.25, 0.3) is 0 Å². The van der Waals surface area contributed by atoms with Crippen LogP contribution >= 0.6 is 0 Å². The van der Waals surface area contributed by atoms with Crippen LogP contribution in [-0.2, 0) is 19.3 Å². The number of benzene rings is 1. The number of aromatic nitrogens is 2. The Morgan fingerprint density at radius 1 is 1.26 bits per heavy atom. The summed E-state index contributed by atoms with van der Waals surface area (Å²) < 4.78 is 13.5. The Hall–Kier alpha value is -2.17. The fourth-order valence-corrected chi connectivity index (χ4v) is 3.75. The molecule has 5 heteroatoms. The predicted molar refractivity (Wildman–Crippen MR) is 87.8 cm³/mol. The highest BCUT2D eigenvalue weighted by Crippen LogP contribution is 2.35. The third-order valence-electron chi connectivity index (χ3n) is 4.98. The summed E-state index contributed by atoms with van der Waals surface area (Å²) in [6.07, 6.45) is 5.58. The number of fused-ring (bicyclic) bond motifs is 2. The van der Waals surface area contributed by atoms with E-state index in [1.807, 2.05) is 0 Å². The molecule has 4 nitrogen and oxygen atoms in total. The van der Waals surface area contributed by atoms with Gasteiger partial charge in [0.1, 0.15) is 5.82 Å². The zero-order valence-electron chi connectivity index (χ0n) is 13.2. The summed E-state index contributed by atoms with van der Waals surface area (Å²) in [5.74, 6) is 0.376. The minimum atomic E-state index is -0.217. The number of aromatic amines is 1. The number of anilines is 2. The van der Waals surface area contributed by atoms with E-state index in [2.05, 4.69) is 16.8 Å². The Labute approximate surface area is 134 Å². The molecule has 0 radical (unpaired) electrons. The molecule has 0 amide bonds. The van der Waals surface area contributed by atoms with E-state index in [4.69, 9.17) is 4.98 Å². The second-order valence-corrected chi connectivity index (χ2v) is 6.55. The van der Waals surface area contributed by atoms with Crippen molar-refractivity contribution in [1.29, 1.82) is 0 Å². The van der Waals surface area contributed by atoms with Crippen molar-refractivity contribution in [2.45, 2.75) is 51.5 Å². The first-order valence-electron chi connectivity index (χ1n) is 8.33. The third kappa shape index (κ3) is 2.44. The van der Waals surface area contributed by atoms with Gasteiger partial charge in [-0.1, -0.05) is 0 Å². The normalized spacial score (nSPS) is 20.1. The van der Waals surface area contributed by atoms with Gasteiger partial charge in [-0.05, 0) is 69.2 Å². The molecule has 1 aromatic heterocycles. The van der Waals surface area contributed by atoms with Crippen molar-refractivity contribution in [2.24, 2.45) is 0 Å². The maximum atomic E-state index is 13.5. The quantitative estimate of drug-likeness (QED) is 0.879. The van der Waals surface area contributed by atoms with Crippen LogP contribution in [0, 0.1) is 5.82 Å². The zero-order chi connectivity index (χ0) is 16.0. The molecule has 1 aromatic carbocycles. The van der Waals surface area contributed by atoms with Gasteiger partial charge in [-0.3, -0.25) is 9.78 Å². The van der Waals surface area contributed by atoms with Gasteiger partial charge in [-0.25, -0.2) is 9.37 Å². The molecule has 4 rings (SSSR count). The summed E-state index contributed by atoms with van der Waals surface area (Å²) in [5, 5.41) is 0. The molecule has 1 aliphatic carbocycles. The Bertz CT molecular complexity index is 814. The lowest BCUT2D eigenvalue weighted by Gasteiger charge is -2.36. The summed E-state index contributed by atoms with van der Waals surface area (Å²) in [4.78, 5) is 22.2. The third-order valence-corrected chi connectivity index (χ3v) is 4.98. The maximum absolute atomic E-state index is 13.5. The van der Waals surface area contributed by atoms with E-state index in [1.54, 1.807) is 12.1 Å². The summed E-state index contributed by atoms with van der Waals surface area (Å²) in [6, 6.07) is 5.07. The number of rotatable bonds is 1. The van der Waals surface area contributed by atoms with Crippen molar-refractivity contribution in [2.75, 3.05) is 4.90 Å². The van der Waals surface area contributed by atoms with Crippen LogP contribution in [0.5, 0.6) is 0 Å². The number of hydrogen-bond acceptors (Lipinski definition) is 3. The van der Waals surface area contributed by atoms with Crippen LogP contribution in [0.4, 0.5) is 16.0 Å². The lowest BCUT2D eigenvalue weighted by atomic mass is 9.96. The van der Waals surface area contributed by atoms with Crippen molar-refractivity contribution < 1.29 is 4.39 Å². The van der Waals surface area contributed by atoms with Crippen molar-refractivity contribution in [1.82, 2.24) is 9.97 Å². The van der Waals surface area contributed by atoms with Gasteiger partial charge in [0, 0.05) is 17.3 Å². The first-order chi connectivity index (χ1) is 11.1. The van der Waals surface area contributed by atoms with Crippen LogP contribution in [0.3, 0.4) is 0 Å². The molecule has 2 aliphatic rings. The molecule has 1 N–H and O–H groups in total. The van der Waals surface area contributed by atoms with Crippen LogP contribution < -0.4 is 10.5 Å². The van der Waals surface area contributed by atoms with Gasteiger partial charge in [0.25, 0.3) is 5.56 Å². The molecule has 0 saturated heterocycles. The average molecular weight is 313 g/mol. The minimum absolute atomic E-state index is 0.0221. The fraction of sp³-hybridized carbons (Fsp3) is 0.444. The Kier molecular flexibility index (Phi) is 3.43. The highest BCUT2D eigenvalue weighted by Gasteiger charge is 2.27. The number of nitrogens with one attached hydrogen (secondary N) is 1. The molecule has 2 heterocycles. The second kappa shape index (κ2) is 5.48. The van der Waals surface area contributed by atoms with Gasteiger partial charge >= 0.3 is 0 Å². The summed E-state index contributed by atoms with van der Waals surface area (Å²) in [5.41, 5.74) is 3.67. The van der Waals surface area contributed by atoms with Gasteiger partial charge in [0.15, 0.2) is 0 Å². The van der Waals surface area contributed by atoms with Crippen LogP contribution in [0.2, 0.25) is 0 Å². The molecule has 0 spiro atoms. The van der Waals surface area contributed by atoms with Crippen molar-refractivity contribution in [3.8, 4) is 0 Å². The molecule has 23 heavy (non-hydrogen) atoms. The first-order valence-corrected chi connectivity index (χ1v) is 8.33. The smallest absolute Gasteiger partial charge is 0.255 e. The molecule has 120 valence electrons. The lowest BCUT2D eigenvalue weighted by molar-refractivity contribution is 0.586. The average Bonchev–Trinajstić information content (AvgIpc) is 2.55. The molecule has 2 aromatic rings. The number of aryl methyl sites for hydroxylation is 2. The summed E-state index contributed by atoms with van der Waals surface area (Å²) >= 11 is 0. The monoisotopic (exact) mass is 313 g/mol. The van der Waals surface area contributed by atoms with E-state index in [1.165, 1.54) is 6.07 Å². The molecular formula is C18H20FN3O. The molecule has 1 aliphatic heterocycles. The van der Waals surface area contributed by atoms with E-state index < -0.39 is 0 Å². The van der Waals surface area contributed by atoms with Gasteiger partial charge in [-0.2, -0.15) is 0 Å². The van der Waals surface area contributed by atoms with Gasteiger partial charge < -0.3 is 4.90 Å². The Morgan fingerprint density at radius 3 is 2.96 bits per heavy atom. The van der Waals surface area contributed by atoms with E-state index in [0.29, 0.717) is 5.95 Å². The molecular weight excluding hydrogens is 293 g/mol. The number of hydrogen-bond donors (Lipinski definition) is 1. The Morgan fingerprint density at radius 2 is 2.09 bits per heavy atom. The van der Waals surface area contributed by atoms with Gasteiger partial charge in [0.2, 0.25) is 5.95 Å². The van der Waals surface area contributed by atoms with Crippen LogP contribution in [0.15, 0.2) is 23.0 Å². The molecule has 0 fully saturated rings. The van der Waals surface area contributed by atoms with Crippen LogP contribution in [0.1, 0.15) is 43.0 Å². The number of H-pyrrole nitrogens is 1. The number of halogens is 1. The van der Waals surface area contributed by atoms with E-state index in [9.17, 15) is 9.18 Å². The summed E-state index contributed by atoms with van der Waals surface area (Å²) in [7, 11) is 0. The highest BCUT2D eigenvalue weighted by molar-refractivity contribution is 5.64. The molecule has 1 unspecified atom stereocenters. The van der Waals surface area contributed by atoms with Crippen molar-refractivity contribution >= 4 is 11.6 Å². The van der Waals surface area contributed by atoms with Gasteiger partial charge in [-0.15, -0.1) is 0 Å². The van der Waals surface area contributed by atoms with Crippen LogP contribution in [-0.4, -0.2) is 16.0 Å². The largest absolute Gasteiger partial charge is 0.309 e. The topological polar surface area (TPSA) is 49.0 Å². The maximum Gasteiger partial charge on any atom is 0.255 e. The molecule has 1 atom stereocenters. The molecule has 0 saturated carbocycles. The first kappa shape index (κ1) is 14.4. The SMILES string of the molecule is CC1CCc2cc(F)ccc2N1c1nc2c(c(=O)[nH]1)CCCC2. The highest BCUT2D eigenvalue weighted by atomic mass is 19.1. The zero-order valence-corrected chi connectivity index (χ0v) is 13.2. The second-order valence-electron chi connectivity index (χ2n) is 6.55. The van der Waals surface area contributed by atoms with Crippen molar-refractivity contribution in [3.63, 3.8) is 0 Å². The lowest BCUT2D eigenvalue weighted by Crippen LogP contribution is -2.36. The summed E-state index contributed by atoms with van der Waals surface area (Å²) in [6.45, 7) is 2.12. The van der Waals surface area contributed by atoms with E-state index in [0.717, 1.165) is 61.0 Å². The fourth-order valence-electron chi connectivity index (χ4n) is 3.75. The number of nitrogens with zero attached hydrogens (tertiary/aromatic N) is 2. The Balaban J connectivity index is 1.84. The van der Waals surface area contributed by atoms with E-state index in [-0.39, 0.29) is 17.4 Å². The van der Waals surface area contributed by atoms with E-state index >= 15 is 0 Å². The minimum Gasteiger partial charge on any atom is -0.309 e. The van der Waals surface area contributed by atoms with Crippen molar-refractivity contribution in [3.05, 3.63) is 51.2 Å². The predicted octanol–water partition coefficient (Wildman–Crippen LogP) is 3.26.